The van der Waals surface area contributed by atoms with Gasteiger partial charge >= 0.3 is 7.11 Å². The van der Waals surface area contributed by atoms with E-state index < -0.39 is 7.11 Å². The molecule has 0 fully saturated rings. The molecule has 0 radical (unpaired) electrons. The van der Waals surface area contributed by atoms with Crippen molar-refractivity contribution in [3.8, 4) is 11.3 Å². The van der Waals surface area contributed by atoms with Crippen molar-refractivity contribution in [3.05, 3.63) is 112 Å². The van der Waals surface area contributed by atoms with E-state index in [4.69, 9.17) is 9.31 Å². The lowest BCUT2D eigenvalue weighted by atomic mass is 9.99. The van der Waals surface area contributed by atoms with Crippen molar-refractivity contribution in [3.63, 3.8) is 0 Å². The molecule has 0 bridgehead atoms. The van der Waals surface area contributed by atoms with Gasteiger partial charge in [-0.05, 0) is 62.1 Å². The number of halogens is 2. The largest absolute Gasteiger partial charge is 0.726 e. The summed E-state index contributed by atoms with van der Waals surface area (Å²) in [5.41, 5.74) is 9.10. The maximum absolute atomic E-state index is 14.5. The van der Waals surface area contributed by atoms with E-state index in [2.05, 4.69) is 9.98 Å². The van der Waals surface area contributed by atoms with Gasteiger partial charge in [0, 0.05) is 29.5 Å². The summed E-state index contributed by atoms with van der Waals surface area (Å²) >= 11 is 0. The lowest BCUT2D eigenvalue weighted by Gasteiger charge is -2.33. The fourth-order valence-corrected chi connectivity index (χ4v) is 4.64. The minimum absolute atomic E-state index is 0.0342. The van der Waals surface area contributed by atoms with Gasteiger partial charge in [-0.15, -0.1) is 0 Å². The van der Waals surface area contributed by atoms with Crippen LogP contribution in [-0.2, 0) is 9.31 Å². The van der Waals surface area contributed by atoms with Gasteiger partial charge in [0.2, 0.25) is 11.4 Å². The zero-order valence-corrected chi connectivity index (χ0v) is 19.5. The number of nitrogens with one attached hydrogen (secondary N) is 2. The smallest absolute Gasteiger partial charge is 0.626 e. The topological polar surface area (TPSA) is 48.2 Å². The maximum atomic E-state index is 14.5. The van der Waals surface area contributed by atoms with Crippen LogP contribution in [0, 0.1) is 27.7 Å². The third-order valence-electron chi connectivity index (χ3n) is 6.19. The highest BCUT2D eigenvalue weighted by Gasteiger charge is 2.40. The summed E-state index contributed by atoms with van der Waals surface area (Å²) < 4.78 is 38.9. The van der Waals surface area contributed by atoms with Crippen LogP contribution in [0.3, 0.4) is 0 Å². The third kappa shape index (κ3) is 3.98. The van der Waals surface area contributed by atoms with Crippen LogP contribution < -0.4 is 4.99 Å². The molecule has 7 heteroatoms. The first-order chi connectivity index (χ1) is 16.2. The lowest BCUT2D eigenvalue weighted by Crippen LogP contribution is -2.69. The average molecular weight is 458 g/mol. The predicted molar refractivity (Wildman–Crippen MR) is 131 cm³/mol. The van der Waals surface area contributed by atoms with Crippen LogP contribution in [0.1, 0.15) is 33.5 Å². The zero-order chi connectivity index (χ0) is 24.0. The SMILES string of the molecule is Cc1cccc(C)c1C1=[NH+]/C(=C2/C=C(c3ccc(-c4c(C)cccc4C)[nH]3)O[B-](F)(F)O2)C=C1. The van der Waals surface area contributed by atoms with Crippen LogP contribution >= 0.6 is 0 Å². The van der Waals surface area contributed by atoms with Crippen LogP contribution in [0.4, 0.5) is 8.63 Å². The number of hydrogen-bond acceptors (Lipinski definition) is 2. The minimum Gasteiger partial charge on any atom is -0.626 e. The Hall–Kier alpha value is -3.87. The first-order valence-corrected chi connectivity index (χ1v) is 11.2. The fraction of sp³-hybridized carbons (Fsp3) is 0.148. The molecule has 2 aliphatic rings. The number of allylic oxidation sites excluding steroid dienone is 3. The maximum Gasteiger partial charge on any atom is 0.726 e. The quantitative estimate of drug-likeness (QED) is 0.541. The molecule has 0 spiro atoms. The first kappa shape index (κ1) is 22.0. The van der Waals surface area contributed by atoms with Crippen molar-refractivity contribution in [2.45, 2.75) is 27.7 Å². The van der Waals surface area contributed by atoms with Crippen molar-refractivity contribution >= 4 is 18.6 Å². The lowest BCUT2D eigenvalue weighted by molar-refractivity contribution is -0.388. The summed E-state index contributed by atoms with van der Waals surface area (Å²) in [5, 5.41) is 0. The van der Waals surface area contributed by atoms with Gasteiger partial charge in [-0.2, -0.15) is 0 Å². The normalized spacial score (nSPS) is 18.9. The summed E-state index contributed by atoms with van der Waals surface area (Å²) in [6.45, 7) is 8.09. The Kier molecular flexibility index (Phi) is 5.27. The molecule has 1 aromatic heterocycles. The van der Waals surface area contributed by atoms with E-state index in [0.717, 1.165) is 44.8 Å². The summed E-state index contributed by atoms with van der Waals surface area (Å²) in [7, 11) is -4.52. The van der Waals surface area contributed by atoms with E-state index in [9.17, 15) is 8.63 Å². The predicted octanol–water partition coefficient (Wildman–Crippen LogP) is 5.03. The van der Waals surface area contributed by atoms with E-state index in [1.54, 1.807) is 12.1 Å². The molecule has 3 heterocycles. The zero-order valence-electron chi connectivity index (χ0n) is 19.5. The van der Waals surface area contributed by atoms with Crippen molar-refractivity contribution < 1.29 is 22.9 Å². The van der Waals surface area contributed by atoms with E-state index in [1.807, 2.05) is 76.2 Å². The van der Waals surface area contributed by atoms with Gasteiger partial charge in [-0.1, -0.05) is 36.4 Å². The van der Waals surface area contributed by atoms with Crippen molar-refractivity contribution in [1.29, 1.82) is 0 Å². The molecule has 0 amide bonds. The number of hydrogen-bond donors (Lipinski definition) is 2. The van der Waals surface area contributed by atoms with Gasteiger partial charge in [0.25, 0.3) is 0 Å². The Morgan fingerprint density at radius 1 is 0.735 bits per heavy atom. The molecule has 2 aromatic carbocycles. The molecule has 0 atom stereocenters. The van der Waals surface area contributed by atoms with Crippen molar-refractivity contribution in [2.24, 2.45) is 0 Å². The van der Waals surface area contributed by atoms with Crippen molar-refractivity contribution in [2.75, 3.05) is 0 Å². The van der Waals surface area contributed by atoms with Gasteiger partial charge in [0.15, 0.2) is 5.76 Å². The molecule has 0 unspecified atom stereocenters. The van der Waals surface area contributed by atoms with Gasteiger partial charge in [0.1, 0.15) is 5.76 Å². The molecule has 0 aliphatic carbocycles. The first-order valence-electron chi connectivity index (χ1n) is 11.2. The molecule has 2 aliphatic heterocycles. The highest BCUT2D eigenvalue weighted by molar-refractivity contribution is 6.53. The minimum atomic E-state index is -4.52. The summed E-state index contributed by atoms with van der Waals surface area (Å²) in [5.74, 6) is 0.0684. The van der Waals surface area contributed by atoms with Gasteiger partial charge < -0.3 is 22.9 Å². The second-order valence-corrected chi connectivity index (χ2v) is 8.75. The summed E-state index contributed by atoms with van der Waals surface area (Å²) in [4.78, 5) is 6.48. The monoisotopic (exact) mass is 458 g/mol. The molecule has 4 nitrogen and oxygen atoms in total. The molecular formula is C27H25BF2N2O2. The Labute approximate surface area is 197 Å². The van der Waals surface area contributed by atoms with E-state index >= 15 is 0 Å². The van der Waals surface area contributed by atoms with Crippen LogP contribution in [0.15, 0.2) is 78.2 Å². The fourth-order valence-electron chi connectivity index (χ4n) is 4.64. The molecule has 172 valence electrons. The number of rotatable bonds is 3. The number of aromatic amines is 1. The number of aryl methyl sites for hydroxylation is 4. The summed E-state index contributed by atoms with van der Waals surface area (Å²) in [6.07, 6.45) is 5.13. The van der Waals surface area contributed by atoms with Crippen LogP contribution in [0.25, 0.3) is 17.0 Å². The number of H-pyrrole nitrogens is 1. The highest BCUT2D eigenvalue weighted by atomic mass is 19.3. The molecule has 34 heavy (non-hydrogen) atoms. The standard InChI is InChI=1S/C27H24BF2N2O2/c1-16-7-5-8-17(2)26(16)22-13-11-20(31-22)24-15-25(34-28(29,30)33-24)21-12-14-23(32-21)27-18(3)9-6-10-19(27)4/h5-15,31H,1-4H3/q-1/p+1/b25-21-. The molecule has 0 saturated carbocycles. The Morgan fingerprint density at radius 2 is 1.32 bits per heavy atom. The highest BCUT2D eigenvalue weighted by Crippen LogP contribution is 2.34. The third-order valence-corrected chi connectivity index (χ3v) is 6.19. The van der Waals surface area contributed by atoms with Crippen LogP contribution in [-0.4, -0.2) is 17.8 Å². The van der Waals surface area contributed by atoms with Gasteiger partial charge in [-0.25, -0.2) is 4.99 Å². The second kappa shape index (κ2) is 8.17. The Bertz CT molecular complexity index is 1390. The molecule has 5 rings (SSSR count). The molecular weight excluding hydrogens is 433 g/mol. The van der Waals surface area contributed by atoms with Gasteiger partial charge in [-0.3, -0.25) is 0 Å². The van der Waals surface area contributed by atoms with E-state index in [1.165, 1.54) is 6.08 Å². The Balaban J connectivity index is 1.55. The van der Waals surface area contributed by atoms with E-state index in [-0.39, 0.29) is 11.5 Å². The summed E-state index contributed by atoms with van der Waals surface area (Å²) in [6, 6.07) is 15.7. The average Bonchev–Trinajstić information content (AvgIpc) is 3.43. The van der Waals surface area contributed by atoms with Gasteiger partial charge in [0.05, 0.1) is 11.3 Å². The molecule has 2 N–H and O–H groups in total. The Morgan fingerprint density at radius 3 is 1.97 bits per heavy atom. The molecule has 0 saturated heterocycles. The molecule has 3 aromatic rings. The number of benzene rings is 2. The second-order valence-electron chi connectivity index (χ2n) is 8.75. The number of aromatic nitrogens is 1. The van der Waals surface area contributed by atoms with E-state index in [0.29, 0.717) is 11.4 Å². The van der Waals surface area contributed by atoms with Crippen LogP contribution in [0.2, 0.25) is 0 Å². The van der Waals surface area contributed by atoms with Crippen molar-refractivity contribution in [1.82, 2.24) is 4.98 Å². The van der Waals surface area contributed by atoms with Crippen LogP contribution in [0.5, 0.6) is 0 Å².